The van der Waals surface area contributed by atoms with E-state index in [1.807, 2.05) is 23.6 Å². The molecule has 30 heavy (non-hydrogen) atoms. The zero-order valence-electron chi connectivity index (χ0n) is 18.6. The van der Waals surface area contributed by atoms with Gasteiger partial charge in [0, 0.05) is 50.5 Å². The molecule has 1 aliphatic heterocycles. The Kier molecular flexibility index (Phi) is 7.29. The minimum absolute atomic E-state index is 0.00196. The van der Waals surface area contributed by atoms with E-state index < -0.39 is 0 Å². The summed E-state index contributed by atoms with van der Waals surface area (Å²) in [6, 6.07) is 8.38. The van der Waals surface area contributed by atoms with Crippen LogP contribution in [-0.4, -0.2) is 52.8 Å². The maximum absolute atomic E-state index is 12.5. The summed E-state index contributed by atoms with van der Waals surface area (Å²) >= 11 is 0. The molecular formula is C24H33N3O3. The lowest BCUT2D eigenvalue weighted by molar-refractivity contribution is -0.141. The third-order valence-corrected chi connectivity index (χ3v) is 5.43. The summed E-state index contributed by atoms with van der Waals surface area (Å²) in [5.41, 5.74) is 2.31. The first kappa shape index (κ1) is 22.1. The number of amides is 2. The minimum atomic E-state index is -0.00196. The normalized spacial score (nSPS) is 14.6. The molecule has 2 amide bonds. The zero-order valence-corrected chi connectivity index (χ0v) is 18.6. The van der Waals surface area contributed by atoms with Crippen LogP contribution in [-0.2, 0) is 22.4 Å². The van der Waals surface area contributed by atoms with Crippen LogP contribution in [0.15, 0.2) is 34.9 Å². The number of aryl methyl sites for hydroxylation is 1. The van der Waals surface area contributed by atoms with Crippen molar-refractivity contribution in [3.05, 3.63) is 41.9 Å². The largest absolute Gasteiger partial charge is 0.441 e. The maximum atomic E-state index is 12.5. The topological polar surface area (TPSA) is 66.7 Å². The number of oxazole rings is 1. The summed E-state index contributed by atoms with van der Waals surface area (Å²) in [5.74, 6) is 2.19. The molecule has 0 aliphatic carbocycles. The molecule has 0 N–H and O–H groups in total. The van der Waals surface area contributed by atoms with Gasteiger partial charge in [-0.15, -0.1) is 0 Å². The summed E-state index contributed by atoms with van der Waals surface area (Å²) in [6.07, 6.45) is 3.64. The summed E-state index contributed by atoms with van der Waals surface area (Å²) < 4.78 is 5.87. The van der Waals surface area contributed by atoms with E-state index in [2.05, 4.69) is 43.1 Å². The monoisotopic (exact) mass is 411 g/mol. The van der Waals surface area contributed by atoms with Gasteiger partial charge >= 0.3 is 0 Å². The van der Waals surface area contributed by atoms with Crippen molar-refractivity contribution < 1.29 is 14.0 Å². The highest BCUT2D eigenvalue weighted by atomic mass is 16.4. The van der Waals surface area contributed by atoms with Crippen LogP contribution in [0.2, 0.25) is 0 Å². The summed E-state index contributed by atoms with van der Waals surface area (Å²) in [6.45, 7) is 10.6. The fourth-order valence-electron chi connectivity index (χ4n) is 3.75. The predicted molar refractivity (Wildman–Crippen MR) is 117 cm³/mol. The van der Waals surface area contributed by atoms with Crippen molar-refractivity contribution in [1.82, 2.24) is 14.8 Å². The number of hydrogen-bond acceptors (Lipinski definition) is 4. The Morgan fingerprint density at radius 1 is 1.00 bits per heavy atom. The van der Waals surface area contributed by atoms with Gasteiger partial charge in [0.25, 0.3) is 0 Å². The van der Waals surface area contributed by atoms with Gasteiger partial charge in [0.05, 0.1) is 6.20 Å². The first-order chi connectivity index (χ1) is 14.3. The molecule has 1 saturated heterocycles. The molecule has 0 unspecified atom stereocenters. The quantitative estimate of drug-likeness (QED) is 0.695. The van der Waals surface area contributed by atoms with Gasteiger partial charge in [-0.3, -0.25) is 9.59 Å². The molecule has 0 bridgehead atoms. The first-order valence-electron chi connectivity index (χ1n) is 10.9. The van der Waals surface area contributed by atoms with Crippen molar-refractivity contribution in [2.24, 2.45) is 11.8 Å². The van der Waals surface area contributed by atoms with Crippen molar-refractivity contribution in [2.45, 2.75) is 47.0 Å². The maximum Gasteiger partial charge on any atom is 0.225 e. The van der Waals surface area contributed by atoms with E-state index in [1.165, 1.54) is 5.56 Å². The molecule has 0 atom stereocenters. The summed E-state index contributed by atoms with van der Waals surface area (Å²) in [7, 11) is 0. The van der Waals surface area contributed by atoms with Crippen LogP contribution in [0.4, 0.5) is 0 Å². The van der Waals surface area contributed by atoms with Crippen LogP contribution in [0.5, 0.6) is 0 Å². The minimum Gasteiger partial charge on any atom is -0.441 e. The zero-order chi connectivity index (χ0) is 21.7. The van der Waals surface area contributed by atoms with Gasteiger partial charge in [0.1, 0.15) is 0 Å². The van der Waals surface area contributed by atoms with Gasteiger partial charge in [-0.05, 0) is 17.9 Å². The van der Waals surface area contributed by atoms with Gasteiger partial charge in [-0.25, -0.2) is 4.98 Å². The van der Waals surface area contributed by atoms with Gasteiger partial charge in [0.2, 0.25) is 11.8 Å². The standard InChI is InChI=1S/C24H33N3O3/c1-17(2)15-19-5-7-20(8-6-19)21-16-25-22(30-21)9-10-23(28)26-11-13-27(14-12-26)24(29)18(3)4/h5-8,16-18H,9-15H2,1-4H3. The van der Waals surface area contributed by atoms with Gasteiger partial charge in [-0.1, -0.05) is 52.0 Å². The second-order valence-corrected chi connectivity index (χ2v) is 8.77. The molecule has 2 heterocycles. The highest BCUT2D eigenvalue weighted by molar-refractivity contribution is 5.79. The fourth-order valence-corrected chi connectivity index (χ4v) is 3.75. The molecule has 6 heteroatoms. The van der Waals surface area contributed by atoms with Crippen molar-refractivity contribution in [3.8, 4) is 11.3 Å². The molecule has 1 aromatic carbocycles. The van der Waals surface area contributed by atoms with Crippen LogP contribution >= 0.6 is 0 Å². The van der Waals surface area contributed by atoms with E-state index in [1.54, 1.807) is 6.20 Å². The Morgan fingerprint density at radius 2 is 1.63 bits per heavy atom. The number of benzene rings is 1. The van der Waals surface area contributed by atoms with Gasteiger partial charge in [0.15, 0.2) is 11.7 Å². The molecule has 6 nitrogen and oxygen atoms in total. The third-order valence-electron chi connectivity index (χ3n) is 5.43. The number of hydrogen-bond donors (Lipinski definition) is 0. The average Bonchev–Trinajstić information content (AvgIpc) is 3.20. The van der Waals surface area contributed by atoms with Crippen molar-refractivity contribution >= 4 is 11.8 Å². The molecule has 1 fully saturated rings. The smallest absolute Gasteiger partial charge is 0.225 e. The van der Waals surface area contributed by atoms with E-state index >= 15 is 0 Å². The van der Waals surface area contributed by atoms with Crippen molar-refractivity contribution in [2.75, 3.05) is 26.2 Å². The van der Waals surface area contributed by atoms with Gasteiger partial charge in [-0.2, -0.15) is 0 Å². The number of carbonyl (C=O) groups is 2. The SMILES string of the molecule is CC(C)Cc1ccc(-c2cnc(CCC(=O)N3CCN(C(=O)C(C)C)CC3)o2)cc1. The lowest BCUT2D eigenvalue weighted by Crippen LogP contribution is -2.51. The highest BCUT2D eigenvalue weighted by Crippen LogP contribution is 2.22. The number of piperazine rings is 1. The van der Waals surface area contributed by atoms with Crippen LogP contribution in [0, 0.1) is 11.8 Å². The Morgan fingerprint density at radius 3 is 2.23 bits per heavy atom. The Balaban J connectivity index is 1.48. The van der Waals surface area contributed by atoms with E-state index in [0.29, 0.717) is 50.8 Å². The number of rotatable bonds is 7. The fraction of sp³-hybridized carbons (Fsp3) is 0.542. The van der Waals surface area contributed by atoms with Crippen LogP contribution < -0.4 is 0 Å². The molecule has 0 spiro atoms. The van der Waals surface area contributed by atoms with Crippen molar-refractivity contribution in [3.63, 3.8) is 0 Å². The first-order valence-corrected chi connectivity index (χ1v) is 10.9. The highest BCUT2D eigenvalue weighted by Gasteiger charge is 2.25. The van der Waals surface area contributed by atoms with Crippen LogP contribution in [0.3, 0.4) is 0 Å². The van der Waals surface area contributed by atoms with E-state index in [0.717, 1.165) is 17.7 Å². The molecule has 0 saturated carbocycles. The number of carbonyl (C=O) groups excluding carboxylic acids is 2. The summed E-state index contributed by atoms with van der Waals surface area (Å²) in [4.78, 5) is 32.6. The molecule has 162 valence electrons. The summed E-state index contributed by atoms with van der Waals surface area (Å²) in [5, 5.41) is 0. The second-order valence-electron chi connectivity index (χ2n) is 8.77. The lowest BCUT2D eigenvalue weighted by Gasteiger charge is -2.35. The third kappa shape index (κ3) is 5.71. The van der Waals surface area contributed by atoms with Gasteiger partial charge < -0.3 is 14.2 Å². The van der Waals surface area contributed by atoms with Crippen molar-refractivity contribution in [1.29, 1.82) is 0 Å². The average molecular weight is 412 g/mol. The van der Waals surface area contributed by atoms with E-state index in [-0.39, 0.29) is 17.7 Å². The number of aromatic nitrogens is 1. The van der Waals surface area contributed by atoms with E-state index in [9.17, 15) is 9.59 Å². The molecule has 1 aromatic heterocycles. The molecule has 3 rings (SSSR count). The Bertz CT molecular complexity index is 847. The molecule has 0 radical (unpaired) electrons. The molecular weight excluding hydrogens is 378 g/mol. The van der Waals surface area contributed by atoms with Crippen LogP contribution in [0.1, 0.15) is 45.6 Å². The number of nitrogens with zero attached hydrogens (tertiary/aromatic N) is 3. The Hall–Kier alpha value is -2.63. The van der Waals surface area contributed by atoms with E-state index in [4.69, 9.17) is 4.42 Å². The van der Waals surface area contributed by atoms with Crippen LogP contribution in [0.25, 0.3) is 11.3 Å². The molecule has 2 aromatic rings. The second kappa shape index (κ2) is 9.92. The lowest BCUT2D eigenvalue weighted by atomic mass is 10.0. The molecule has 1 aliphatic rings. The predicted octanol–water partition coefficient (Wildman–Crippen LogP) is 3.80. The Labute approximate surface area is 179 Å².